The van der Waals surface area contributed by atoms with Crippen molar-refractivity contribution < 1.29 is 0 Å². The van der Waals surface area contributed by atoms with Crippen LogP contribution >= 0.6 is 0 Å². The Morgan fingerprint density at radius 3 is 1.11 bits per heavy atom. The first-order valence-corrected chi connectivity index (χ1v) is 20.1. The molecule has 0 aliphatic carbocycles. The first-order chi connectivity index (χ1) is 27.3. The van der Waals surface area contributed by atoms with Crippen LogP contribution in [0.5, 0.6) is 0 Å². The van der Waals surface area contributed by atoms with Crippen LogP contribution in [0.25, 0.3) is 76.6 Å². The summed E-state index contributed by atoms with van der Waals surface area (Å²) in [5.41, 5.74) is 24.2. The van der Waals surface area contributed by atoms with Crippen LogP contribution in [0.4, 0.5) is 0 Å². The van der Waals surface area contributed by atoms with E-state index >= 15 is 0 Å². The first kappa shape index (κ1) is 32.0. The van der Waals surface area contributed by atoms with Crippen molar-refractivity contribution in [2.75, 3.05) is 0 Å². The van der Waals surface area contributed by atoms with Crippen molar-refractivity contribution in [3.05, 3.63) is 167 Å². The number of rotatable bonds is 2. The summed E-state index contributed by atoms with van der Waals surface area (Å²) in [5, 5.41) is 7.96. The lowest BCUT2D eigenvalue weighted by Gasteiger charge is -2.34. The van der Waals surface area contributed by atoms with Gasteiger partial charge in [0.2, 0.25) is 0 Å². The predicted octanol–water partition coefficient (Wildman–Crippen LogP) is 10.2. The lowest BCUT2D eigenvalue weighted by atomic mass is 9.42. The minimum Gasteiger partial charge on any atom is -0.375 e. The summed E-state index contributed by atoms with van der Waals surface area (Å²) in [7, 11) is 0. The third kappa shape index (κ3) is 3.99. The Labute approximate surface area is 328 Å². The number of benzene rings is 8. The van der Waals surface area contributed by atoms with Crippen LogP contribution in [0.1, 0.15) is 33.4 Å². The molecule has 2 aromatic heterocycles. The van der Waals surface area contributed by atoms with E-state index in [0.717, 1.165) is 0 Å². The van der Waals surface area contributed by atoms with Gasteiger partial charge in [-0.2, -0.15) is 0 Å². The maximum Gasteiger partial charge on any atom is 0.330 e. The maximum atomic E-state index is 2.69. The monoisotopic (exact) mass is 714 g/mol. The SMILES string of the molecule is Cc1cc(C)c(B2c3c(ccc4c5c(ccc34)-c3cccc4c6ccccc6n(c34)B5c3c(C)cc(C)cc3C)-c3cccc4c5ccccc5n2c34)c(C)c1. The summed E-state index contributed by atoms with van der Waals surface area (Å²) < 4.78 is 5.38. The normalized spacial score (nSPS) is 13.1. The van der Waals surface area contributed by atoms with E-state index in [1.807, 2.05) is 0 Å². The fourth-order valence-corrected chi connectivity index (χ4v) is 11.6. The van der Waals surface area contributed by atoms with E-state index in [1.165, 1.54) is 132 Å². The zero-order valence-corrected chi connectivity index (χ0v) is 32.8. The summed E-state index contributed by atoms with van der Waals surface area (Å²) in [6.45, 7) is 13.8. The third-order valence-electron chi connectivity index (χ3n) is 13.4. The molecule has 0 radical (unpaired) electrons. The van der Waals surface area contributed by atoms with Crippen molar-refractivity contribution in [3.8, 4) is 22.3 Å². The minimum absolute atomic E-state index is 0.000870. The maximum absolute atomic E-state index is 2.69. The molecule has 12 rings (SSSR count). The van der Waals surface area contributed by atoms with E-state index in [2.05, 4.69) is 184 Å². The second-order valence-corrected chi connectivity index (χ2v) is 16.8. The van der Waals surface area contributed by atoms with Gasteiger partial charge in [0, 0.05) is 54.7 Å². The third-order valence-corrected chi connectivity index (χ3v) is 13.4. The second-order valence-electron chi connectivity index (χ2n) is 16.8. The molecule has 0 N–H and O–H groups in total. The smallest absolute Gasteiger partial charge is 0.330 e. The molecule has 264 valence electrons. The molecule has 0 bridgehead atoms. The Morgan fingerprint density at radius 2 is 0.696 bits per heavy atom. The Hall–Kier alpha value is -6.25. The van der Waals surface area contributed by atoms with Gasteiger partial charge in [-0.25, -0.2) is 0 Å². The van der Waals surface area contributed by atoms with Gasteiger partial charge in [0.25, 0.3) is 0 Å². The standard InChI is InChI=1S/C52H40B2N2/c1-29-25-31(3)47(32(4)26-29)53-49-37-21-24-40-44-18-12-16-42-36-14-8-10-20-46(36)56(52(42)44)54(48-33(5)27-30(2)28-34(48)6)50(40)38(37)22-23-39(49)43-17-11-15-41-35-13-7-9-19-45(35)55(53)51(41)43/h7-28H,1-6H3. The lowest BCUT2D eigenvalue weighted by molar-refractivity contribution is 1.29. The van der Waals surface area contributed by atoms with E-state index < -0.39 is 0 Å². The Bertz CT molecular complexity index is 3120. The largest absolute Gasteiger partial charge is 0.375 e. The Kier molecular flexibility index (Phi) is 6.39. The summed E-state index contributed by atoms with van der Waals surface area (Å²) in [5.74, 6) is 0. The van der Waals surface area contributed by atoms with Crippen LogP contribution in [0.2, 0.25) is 0 Å². The number of para-hydroxylation sites is 4. The molecule has 0 unspecified atom stereocenters. The average Bonchev–Trinajstić information content (AvgIpc) is 3.70. The van der Waals surface area contributed by atoms with E-state index in [1.54, 1.807) is 0 Å². The highest BCUT2D eigenvalue weighted by atomic mass is 14.9. The van der Waals surface area contributed by atoms with E-state index in [0.29, 0.717) is 0 Å². The molecule has 0 saturated carbocycles. The van der Waals surface area contributed by atoms with Crippen molar-refractivity contribution >= 4 is 89.9 Å². The van der Waals surface area contributed by atoms with Crippen molar-refractivity contribution in [1.29, 1.82) is 0 Å². The fraction of sp³-hybridized carbons (Fsp3) is 0.115. The average molecular weight is 715 g/mol. The number of fused-ring (bicyclic) bond motifs is 13. The highest BCUT2D eigenvalue weighted by Gasteiger charge is 2.41. The van der Waals surface area contributed by atoms with Crippen LogP contribution in [-0.2, 0) is 0 Å². The first-order valence-electron chi connectivity index (χ1n) is 20.1. The summed E-state index contributed by atoms with van der Waals surface area (Å²) in [6, 6.07) is 51.4. The van der Waals surface area contributed by atoms with Gasteiger partial charge in [-0.1, -0.05) is 155 Å². The molecule has 2 aliphatic rings. The van der Waals surface area contributed by atoms with Crippen LogP contribution in [0, 0.1) is 41.5 Å². The number of nitrogens with zero attached hydrogens (tertiary/aromatic N) is 2. The molecule has 10 aromatic rings. The van der Waals surface area contributed by atoms with Gasteiger partial charge < -0.3 is 8.96 Å². The highest BCUT2D eigenvalue weighted by molar-refractivity contribution is 6.91. The molecule has 0 fully saturated rings. The van der Waals surface area contributed by atoms with Crippen LogP contribution < -0.4 is 21.9 Å². The van der Waals surface area contributed by atoms with Crippen LogP contribution in [0.15, 0.2) is 133 Å². The minimum atomic E-state index is 0.000870. The van der Waals surface area contributed by atoms with Gasteiger partial charge in [0.05, 0.1) is 0 Å². The molecule has 0 atom stereocenters. The molecule has 8 aromatic carbocycles. The molecular formula is C52H40B2N2. The number of aryl methyl sites for hydroxylation is 6. The fourth-order valence-electron chi connectivity index (χ4n) is 11.6. The van der Waals surface area contributed by atoms with E-state index in [4.69, 9.17) is 0 Å². The van der Waals surface area contributed by atoms with Gasteiger partial charge in [0.1, 0.15) is 0 Å². The summed E-state index contributed by atoms with van der Waals surface area (Å²) in [4.78, 5) is 0. The Balaban J connectivity index is 1.27. The van der Waals surface area contributed by atoms with Gasteiger partial charge >= 0.3 is 13.7 Å². The molecule has 2 aliphatic heterocycles. The molecule has 4 heteroatoms. The molecule has 0 spiro atoms. The van der Waals surface area contributed by atoms with Gasteiger partial charge in [-0.05, 0) is 97.4 Å². The highest BCUT2D eigenvalue weighted by Crippen LogP contribution is 2.43. The van der Waals surface area contributed by atoms with Crippen molar-refractivity contribution in [3.63, 3.8) is 0 Å². The van der Waals surface area contributed by atoms with Crippen LogP contribution in [0.3, 0.4) is 0 Å². The second kappa shape index (κ2) is 11.2. The number of hydrogen-bond acceptors (Lipinski definition) is 0. The van der Waals surface area contributed by atoms with Gasteiger partial charge in [-0.3, -0.25) is 0 Å². The lowest BCUT2D eigenvalue weighted by Crippen LogP contribution is -2.55. The van der Waals surface area contributed by atoms with Crippen molar-refractivity contribution in [2.45, 2.75) is 41.5 Å². The molecule has 56 heavy (non-hydrogen) atoms. The summed E-state index contributed by atoms with van der Waals surface area (Å²) in [6.07, 6.45) is 0. The zero-order valence-electron chi connectivity index (χ0n) is 32.8. The number of aromatic nitrogens is 2. The molecular weight excluding hydrogens is 674 g/mol. The molecule has 0 saturated heterocycles. The van der Waals surface area contributed by atoms with Crippen LogP contribution in [-0.4, -0.2) is 22.7 Å². The zero-order chi connectivity index (χ0) is 37.7. The molecule has 2 nitrogen and oxygen atoms in total. The Morgan fingerprint density at radius 1 is 0.321 bits per heavy atom. The topological polar surface area (TPSA) is 9.86 Å². The number of hydrogen-bond donors (Lipinski definition) is 0. The molecule has 4 heterocycles. The van der Waals surface area contributed by atoms with E-state index in [9.17, 15) is 0 Å². The quantitative estimate of drug-likeness (QED) is 0.158. The van der Waals surface area contributed by atoms with E-state index in [-0.39, 0.29) is 13.7 Å². The van der Waals surface area contributed by atoms with Gasteiger partial charge in [0.15, 0.2) is 0 Å². The predicted molar refractivity (Wildman–Crippen MR) is 243 cm³/mol. The van der Waals surface area contributed by atoms with Crippen molar-refractivity contribution in [1.82, 2.24) is 8.96 Å². The summed E-state index contributed by atoms with van der Waals surface area (Å²) >= 11 is 0. The van der Waals surface area contributed by atoms with Crippen molar-refractivity contribution in [2.24, 2.45) is 0 Å². The van der Waals surface area contributed by atoms with Gasteiger partial charge in [-0.15, -0.1) is 0 Å². The molecule has 0 amide bonds.